The van der Waals surface area contributed by atoms with Crippen LogP contribution in [0.2, 0.25) is 0 Å². The van der Waals surface area contributed by atoms with E-state index in [4.69, 9.17) is 16.3 Å². The Morgan fingerprint density at radius 1 is 1.44 bits per heavy atom. The number of hydrogen-bond donors (Lipinski definition) is 0. The van der Waals surface area contributed by atoms with Crippen LogP contribution in [0.5, 0.6) is 0 Å². The fraction of sp³-hybridized carbons (Fsp3) is 0.714. The van der Waals surface area contributed by atoms with Crippen LogP contribution in [0.4, 0.5) is 0 Å². The lowest BCUT2D eigenvalue weighted by molar-refractivity contribution is -0.0838. The van der Waals surface area contributed by atoms with Gasteiger partial charge in [-0.2, -0.15) is 0 Å². The van der Waals surface area contributed by atoms with E-state index >= 15 is 0 Å². The van der Waals surface area contributed by atoms with Crippen molar-refractivity contribution in [2.24, 2.45) is 5.92 Å². The smallest absolute Gasteiger partial charge is 0.160 e. The third-order valence-electron chi connectivity index (χ3n) is 3.76. The van der Waals surface area contributed by atoms with E-state index in [2.05, 4.69) is 16.9 Å². The van der Waals surface area contributed by atoms with Crippen LogP contribution in [0.15, 0.2) is 12.3 Å². The Hall–Kier alpha value is -0.670. The molecule has 1 aromatic heterocycles. The molecule has 1 aliphatic rings. The van der Waals surface area contributed by atoms with E-state index in [1.54, 1.807) is 6.20 Å². The molecule has 4 heteroatoms. The first-order chi connectivity index (χ1) is 8.70. The zero-order valence-corrected chi connectivity index (χ0v) is 11.9. The molecule has 0 amide bonds. The minimum atomic E-state index is -0.288. The summed E-state index contributed by atoms with van der Waals surface area (Å²) in [6, 6.07) is 1.86. The predicted molar refractivity (Wildman–Crippen MR) is 72.5 cm³/mol. The van der Waals surface area contributed by atoms with Crippen molar-refractivity contribution >= 4 is 11.6 Å². The number of alkyl halides is 1. The highest BCUT2D eigenvalue weighted by Crippen LogP contribution is 2.40. The summed E-state index contributed by atoms with van der Waals surface area (Å²) in [6.45, 7) is 5.03. The van der Waals surface area contributed by atoms with Gasteiger partial charge in [-0.3, -0.25) is 0 Å². The zero-order valence-electron chi connectivity index (χ0n) is 11.2. The summed E-state index contributed by atoms with van der Waals surface area (Å²) < 4.78 is 6.04. The summed E-state index contributed by atoms with van der Waals surface area (Å²) >= 11 is 5.85. The minimum absolute atomic E-state index is 0.288. The molecule has 1 fully saturated rings. The first-order valence-corrected chi connectivity index (χ1v) is 7.26. The Bertz CT molecular complexity index is 389. The van der Waals surface area contributed by atoms with E-state index in [9.17, 15) is 0 Å². The van der Waals surface area contributed by atoms with Gasteiger partial charge in [-0.25, -0.2) is 9.97 Å². The second-order valence-corrected chi connectivity index (χ2v) is 5.38. The molecule has 0 unspecified atom stereocenters. The van der Waals surface area contributed by atoms with Crippen LogP contribution in [0.1, 0.15) is 51.0 Å². The van der Waals surface area contributed by atoms with E-state index in [1.165, 1.54) is 12.8 Å². The molecule has 0 saturated heterocycles. The van der Waals surface area contributed by atoms with Crippen molar-refractivity contribution in [1.82, 2.24) is 9.97 Å². The predicted octanol–water partition coefficient (Wildman–Crippen LogP) is 3.66. The van der Waals surface area contributed by atoms with Crippen LogP contribution in [-0.2, 0) is 16.2 Å². The topological polar surface area (TPSA) is 35.0 Å². The molecule has 0 atom stereocenters. The van der Waals surface area contributed by atoms with Gasteiger partial charge in [-0.1, -0.05) is 6.92 Å². The number of hydrogen-bond acceptors (Lipinski definition) is 3. The molecule has 0 N–H and O–H groups in total. The van der Waals surface area contributed by atoms with Crippen LogP contribution >= 0.6 is 11.6 Å². The van der Waals surface area contributed by atoms with Gasteiger partial charge in [-0.15, -0.1) is 11.6 Å². The molecule has 0 radical (unpaired) electrons. The van der Waals surface area contributed by atoms with Gasteiger partial charge in [0, 0.05) is 12.8 Å². The minimum Gasteiger partial charge on any atom is -0.367 e. The molecule has 18 heavy (non-hydrogen) atoms. The van der Waals surface area contributed by atoms with Gasteiger partial charge in [0.15, 0.2) is 5.82 Å². The van der Waals surface area contributed by atoms with E-state index in [1.807, 2.05) is 13.0 Å². The molecule has 0 aromatic carbocycles. The molecule has 1 aliphatic carbocycles. The molecule has 1 aromatic rings. The number of aromatic nitrogens is 2. The van der Waals surface area contributed by atoms with E-state index < -0.39 is 0 Å². The van der Waals surface area contributed by atoms with Crippen molar-refractivity contribution in [2.75, 3.05) is 6.61 Å². The van der Waals surface area contributed by atoms with Crippen LogP contribution in [0.3, 0.4) is 0 Å². The number of halogens is 1. The van der Waals surface area contributed by atoms with Gasteiger partial charge in [0.2, 0.25) is 0 Å². The van der Waals surface area contributed by atoms with Gasteiger partial charge < -0.3 is 4.74 Å². The maximum atomic E-state index is 6.04. The van der Waals surface area contributed by atoms with E-state index in [0.29, 0.717) is 12.5 Å². The third-order valence-corrected chi connectivity index (χ3v) is 4.03. The van der Waals surface area contributed by atoms with Gasteiger partial charge in [0.25, 0.3) is 0 Å². The lowest BCUT2D eigenvalue weighted by Crippen LogP contribution is -2.36. The van der Waals surface area contributed by atoms with Gasteiger partial charge in [-0.05, 0) is 44.6 Å². The lowest BCUT2D eigenvalue weighted by Gasteiger charge is -2.37. The summed E-state index contributed by atoms with van der Waals surface area (Å²) in [4.78, 5) is 8.99. The van der Waals surface area contributed by atoms with Crippen LogP contribution < -0.4 is 0 Å². The average Bonchev–Trinajstić information content (AvgIpc) is 2.42. The zero-order chi connectivity index (χ0) is 13.0. The van der Waals surface area contributed by atoms with Crippen molar-refractivity contribution in [3.63, 3.8) is 0 Å². The largest absolute Gasteiger partial charge is 0.367 e. The highest BCUT2D eigenvalue weighted by atomic mass is 35.5. The second-order valence-electron chi connectivity index (χ2n) is 5.12. The van der Waals surface area contributed by atoms with Crippen molar-refractivity contribution in [3.05, 3.63) is 23.8 Å². The summed E-state index contributed by atoms with van der Waals surface area (Å²) in [5.41, 5.74) is 0.586. The monoisotopic (exact) mass is 268 g/mol. The van der Waals surface area contributed by atoms with E-state index in [-0.39, 0.29) is 5.60 Å². The fourth-order valence-corrected chi connectivity index (χ4v) is 2.78. The van der Waals surface area contributed by atoms with E-state index in [0.717, 1.165) is 30.3 Å². The first kappa shape index (κ1) is 13.8. The van der Waals surface area contributed by atoms with Gasteiger partial charge in [0.05, 0.1) is 11.6 Å². The Morgan fingerprint density at radius 2 is 2.17 bits per heavy atom. The molecule has 0 bridgehead atoms. The fourth-order valence-electron chi connectivity index (χ4n) is 2.63. The molecule has 0 spiro atoms. The third kappa shape index (κ3) is 2.83. The maximum Gasteiger partial charge on any atom is 0.160 e. The summed E-state index contributed by atoms with van der Waals surface area (Å²) in [5.74, 6) is 2.01. The maximum absolute atomic E-state index is 6.04. The van der Waals surface area contributed by atoms with Crippen molar-refractivity contribution in [1.29, 1.82) is 0 Å². The quantitative estimate of drug-likeness (QED) is 0.782. The second kappa shape index (κ2) is 5.98. The average molecular weight is 269 g/mol. The number of nitrogens with zero attached hydrogens (tertiary/aromatic N) is 2. The Kier molecular flexibility index (Phi) is 4.57. The molecule has 1 heterocycles. The molecule has 2 rings (SSSR count). The molecule has 1 saturated carbocycles. The number of rotatable bonds is 4. The molecule has 0 aliphatic heterocycles. The Labute approximate surface area is 114 Å². The SMILES string of the molecule is CCOC1(c2nccc(CCl)n2)CCC(C)CC1. The van der Waals surface area contributed by atoms with Gasteiger partial charge >= 0.3 is 0 Å². The first-order valence-electron chi connectivity index (χ1n) is 6.72. The Balaban J connectivity index is 2.28. The number of ether oxygens (including phenoxy) is 1. The molecular formula is C14H21ClN2O. The van der Waals surface area contributed by atoms with Crippen LogP contribution in [0, 0.1) is 5.92 Å². The molecule has 100 valence electrons. The summed E-state index contributed by atoms with van der Waals surface area (Å²) in [7, 11) is 0. The standard InChI is InChI=1S/C14H21ClN2O/c1-3-18-14(7-4-11(2)5-8-14)13-16-9-6-12(10-15)17-13/h6,9,11H,3-5,7-8,10H2,1-2H3. The van der Waals surface area contributed by atoms with Crippen LogP contribution in [0.25, 0.3) is 0 Å². The Morgan fingerprint density at radius 3 is 2.78 bits per heavy atom. The highest BCUT2D eigenvalue weighted by Gasteiger charge is 2.39. The van der Waals surface area contributed by atoms with Gasteiger partial charge in [0.1, 0.15) is 5.60 Å². The molecule has 3 nitrogen and oxygen atoms in total. The highest BCUT2D eigenvalue weighted by molar-refractivity contribution is 6.16. The molecular weight excluding hydrogens is 248 g/mol. The summed E-state index contributed by atoms with van der Waals surface area (Å²) in [5, 5.41) is 0. The lowest BCUT2D eigenvalue weighted by atomic mass is 9.79. The summed E-state index contributed by atoms with van der Waals surface area (Å²) in [6.07, 6.45) is 6.16. The van der Waals surface area contributed by atoms with Crippen molar-refractivity contribution in [2.45, 2.75) is 51.0 Å². The van der Waals surface area contributed by atoms with Crippen LogP contribution in [-0.4, -0.2) is 16.6 Å². The van der Waals surface area contributed by atoms with Crippen molar-refractivity contribution < 1.29 is 4.74 Å². The van der Waals surface area contributed by atoms with Crippen molar-refractivity contribution in [3.8, 4) is 0 Å². The normalized spacial score (nSPS) is 28.3.